The van der Waals surface area contributed by atoms with Gasteiger partial charge in [-0.05, 0) is 42.4 Å². The SMILES string of the molecule is CC(C)C[C@@H](C(=O)NN(CC(C)C)C(=O)c1ccccc1)[C@H](CC=Cc1ccccc1)C(=O)NO. The van der Waals surface area contributed by atoms with E-state index in [9.17, 15) is 19.6 Å². The van der Waals surface area contributed by atoms with Crippen LogP contribution in [0.15, 0.2) is 66.7 Å². The maximum absolute atomic E-state index is 13.5. The number of hydrogen-bond donors (Lipinski definition) is 3. The van der Waals surface area contributed by atoms with Gasteiger partial charge in [-0.1, -0.05) is 88.4 Å². The van der Waals surface area contributed by atoms with Crippen LogP contribution >= 0.6 is 0 Å². The van der Waals surface area contributed by atoms with Crippen molar-refractivity contribution in [2.24, 2.45) is 23.7 Å². The van der Waals surface area contributed by atoms with Crippen LogP contribution in [0.2, 0.25) is 0 Å². The molecular weight excluding hydrogens is 442 g/mol. The second-order valence-electron chi connectivity index (χ2n) is 9.52. The molecule has 0 heterocycles. The number of benzene rings is 2. The van der Waals surface area contributed by atoms with Gasteiger partial charge in [-0.25, -0.2) is 10.5 Å². The average Bonchev–Trinajstić information content (AvgIpc) is 2.85. The Hall–Kier alpha value is -3.45. The molecule has 3 N–H and O–H groups in total. The van der Waals surface area contributed by atoms with E-state index in [4.69, 9.17) is 0 Å². The lowest BCUT2D eigenvalue weighted by atomic mass is 9.82. The van der Waals surface area contributed by atoms with Gasteiger partial charge >= 0.3 is 0 Å². The van der Waals surface area contributed by atoms with Crippen molar-refractivity contribution >= 4 is 23.8 Å². The van der Waals surface area contributed by atoms with Crippen LogP contribution in [0.1, 0.15) is 56.5 Å². The van der Waals surface area contributed by atoms with Gasteiger partial charge in [0.05, 0.1) is 11.8 Å². The smallest absolute Gasteiger partial charge is 0.272 e. The normalized spacial score (nSPS) is 13.0. The average molecular weight is 480 g/mol. The predicted molar refractivity (Wildman–Crippen MR) is 137 cm³/mol. The summed E-state index contributed by atoms with van der Waals surface area (Å²) in [4.78, 5) is 39.3. The lowest BCUT2D eigenvalue weighted by Crippen LogP contribution is -2.52. The number of hydroxylamine groups is 1. The summed E-state index contributed by atoms with van der Waals surface area (Å²) < 4.78 is 0. The first-order valence-corrected chi connectivity index (χ1v) is 12.1. The third kappa shape index (κ3) is 9.02. The van der Waals surface area contributed by atoms with E-state index < -0.39 is 23.7 Å². The molecule has 0 fully saturated rings. The van der Waals surface area contributed by atoms with E-state index in [2.05, 4.69) is 5.43 Å². The monoisotopic (exact) mass is 479 g/mol. The zero-order chi connectivity index (χ0) is 25.8. The molecule has 2 aromatic rings. The number of hydrogen-bond acceptors (Lipinski definition) is 4. The van der Waals surface area contributed by atoms with Crippen LogP contribution in [0.5, 0.6) is 0 Å². The molecule has 0 aliphatic rings. The summed E-state index contributed by atoms with van der Waals surface area (Å²) in [5.41, 5.74) is 5.93. The second kappa shape index (κ2) is 14.1. The van der Waals surface area contributed by atoms with Crippen LogP contribution in [0.3, 0.4) is 0 Å². The van der Waals surface area contributed by atoms with Crippen molar-refractivity contribution in [1.29, 1.82) is 0 Å². The van der Waals surface area contributed by atoms with E-state index in [1.165, 1.54) is 5.01 Å². The van der Waals surface area contributed by atoms with Gasteiger partial charge in [0.15, 0.2) is 0 Å². The molecule has 2 aromatic carbocycles. The Morgan fingerprint density at radius 3 is 2.00 bits per heavy atom. The molecule has 0 aliphatic heterocycles. The van der Waals surface area contributed by atoms with E-state index >= 15 is 0 Å². The fourth-order valence-corrected chi connectivity index (χ4v) is 3.91. The summed E-state index contributed by atoms with van der Waals surface area (Å²) >= 11 is 0. The van der Waals surface area contributed by atoms with Gasteiger partial charge in [0.25, 0.3) is 5.91 Å². The molecule has 0 spiro atoms. The van der Waals surface area contributed by atoms with Crippen LogP contribution in [-0.2, 0) is 9.59 Å². The van der Waals surface area contributed by atoms with Crippen molar-refractivity contribution in [2.75, 3.05) is 6.54 Å². The molecule has 3 amide bonds. The molecule has 0 radical (unpaired) electrons. The minimum Gasteiger partial charge on any atom is -0.289 e. The zero-order valence-corrected chi connectivity index (χ0v) is 21.0. The Bertz CT molecular complexity index is 974. The first-order valence-electron chi connectivity index (χ1n) is 12.1. The zero-order valence-electron chi connectivity index (χ0n) is 21.0. The molecule has 0 aromatic heterocycles. The van der Waals surface area contributed by atoms with Gasteiger partial charge in [0.1, 0.15) is 0 Å². The topological polar surface area (TPSA) is 98.7 Å². The molecule has 0 aliphatic carbocycles. The molecule has 0 unspecified atom stereocenters. The van der Waals surface area contributed by atoms with E-state index in [0.29, 0.717) is 18.5 Å². The highest BCUT2D eigenvalue weighted by molar-refractivity contribution is 5.96. The molecule has 7 heteroatoms. The Morgan fingerprint density at radius 2 is 1.46 bits per heavy atom. The van der Waals surface area contributed by atoms with Gasteiger partial charge in [0.2, 0.25) is 11.8 Å². The molecule has 7 nitrogen and oxygen atoms in total. The number of amides is 3. The van der Waals surface area contributed by atoms with Gasteiger partial charge in [-0.2, -0.15) is 0 Å². The van der Waals surface area contributed by atoms with Crippen molar-refractivity contribution in [3.63, 3.8) is 0 Å². The van der Waals surface area contributed by atoms with Gasteiger partial charge < -0.3 is 0 Å². The van der Waals surface area contributed by atoms with E-state index in [0.717, 1.165) is 5.56 Å². The summed E-state index contributed by atoms with van der Waals surface area (Å²) in [5, 5.41) is 10.7. The Morgan fingerprint density at radius 1 is 0.857 bits per heavy atom. The van der Waals surface area contributed by atoms with Gasteiger partial charge in [-0.3, -0.25) is 25.0 Å². The van der Waals surface area contributed by atoms with Gasteiger partial charge in [0, 0.05) is 12.1 Å². The van der Waals surface area contributed by atoms with Crippen molar-refractivity contribution < 1.29 is 19.6 Å². The number of nitrogens with one attached hydrogen (secondary N) is 2. The highest BCUT2D eigenvalue weighted by Crippen LogP contribution is 2.26. The van der Waals surface area contributed by atoms with E-state index in [-0.39, 0.29) is 24.2 Å². The minimum absolute atomic E-state index is 0.108. The van der Waals surface area contributed by atoms with Crippen LogP contribution < -0.4 is 10.9 Å². The molecule has 2 rings (SSSR count). The number of carbonyl (C=O) groups is 3. The van der Waals surface area contributed by atoms with Crippen LogP contribution in [0, 0.1) is 23.7 Å². The highest BCUT2D eigenvalue weighted by Gasteiger charge is 2.35. The predicted octanol–water partition coefficient (Wildman–Crippen LogP) is 4.70. The van der Waals surface area contributed by atoms with Crippen LogP contribution in [-0.4, -0.2) is 34.5 Å². The standard InChI is InChI=1S/C28H37N3O4/c1-20(2)18-25(24(27(33)30-35)17-11-14-22-12-7-5-8-13-22)26(32)29-31(19-21(3)4)28(34)23-15-9-6-10-16-23/h5-16,20-21,24-25,35H,17-19H2,1-4H3,(H,29,32)(H,30,33)/t24-,25+/m0/s1. The number of allylic oxidation sites excluding steroid dienone is 1. The summed E-state index contributed by atoms with van der Waals surface area (Å²) in [6, 6.07) is 18.4. The van der Waals surface area contributed by atoms with Crippen molar-refractivity contribution in [1.82, 2.24) is 15.9 Å². The summed E-state index contributed by atoms with van der Waals surface area (Å²) in [5.74, 6) is -2.71. The summed E-state index contributed by atoms with van der Waals surface area (Å²) in [7, 11) is 0. The van der Waals surface area contributed by atoms with Crippen molar-refractivity contribution in [3.8, 4) is 0 Å². The molecule has 0 bridgehead atoms. The maximum atomic E-state index is 13.5. The minimum atomic E-state index is -0.810. The number of hydrazine groups is 1. The fraction of sp³-hybridized carbons (Fsp3) is 0.393. The van der Waals surface area contributed by atoms with E-state index in [1.807, 2.05) is 76.2 Å². The van der Waals surface area contributed by atoms with Gasteiger partial charge in [-0.15, -0.1) is 0 Å². The molecular formula is C28H37N3O4. The molecule has 188 valence electrons. The Labute approximate surface area is 208 Å². The largest absolute Gasteiger partial charge is 0.289 e. The first-order chi connectivity index (χ1) is 16.7. The maximum Gasteiger partial charge on any atom is 0.272 e. The first kappa shape index (κ1) is 27.8. The summed E-state index contributed by atoms with van der Waals surface area (Å²) in [6.45, 7) is 8.17. The fourth-order valence-electron chi connectivity index (χ4n) is 3.91. The van der Waals surface area contributed by atoms with E-state index in [1.54, 1.807) is 29.7 Å². The second-order valence-corrected chi connectivity index (χ2v) is 9.52. The lowest BCUT2D eigenvalue weighted by molar-refractivity contribution is -0.142. The Balaban J connectivity index is 2.29. The quantitative estimate of drug-likeness (QED) is 0.321. The summed E-state index contributed by atoms with van der Waals surface area (Å²) in [6.07, 6.45) is 4.38. The van der Waals surface area contributed by atoms with Crippen LogP contribution in [0.25, 0.3) is 6.08 Å². The number of rotatable bonds is 11. The third-order valence-corrected chi connectivity index (χ3v) is 5.55. The number of carbonyl (C=O) groups excluding carboxylic acids is 3. The molecule has 2 atom stereocenters. The number of nitrogens with zero attached hydrogens (tertiary/aromatic N) is 1. The molecule has 0 saturated carbocycles. The van der Waals surface area contributed by atoms with Crippen molar-refractivity contribution in [3.05, 3.63) is 77.9 Å². The Kier molecular flexibility index (Phi) is 11.2. The third-order valence-electron chi connectivity index (χ3n) is 5.55. The molecule has 35 heavy (non-hydrogen) atoms. The highest BCUT2D eigenvalue weighted by atomic mass is 16.5. The lowest BCUT2D eigenvalue weighted by Gasteiger charge is -2.30. The van der Waals surface area contributed by atoms with Crippen LogP contribution in [0.4, 0.5) is 0 Å². The molecule has 0 saturated heterocycles. The van der Waals surface area contributed by atoms with Crippen molar-refractivity contribution in [2.45, 2.75) is 40.5 Å².